The Hall–Kier alpha value is -1.59. The van der Waals surface area contributed by atoms with Crippen molar-refractivity contribution in [1.29, 1.82) is 0 Å². The first-order chi connectivity index (χ1) is 9.73. The first-order valence-corrected chi connectivity index (χ1v) is 7.34. The SMILES string of the molecule is COc1nc(NC2CC(C)(C)CC(C)(C)C2)nc(OC)n1. The lowest BCUT2D eigenvalue weighted by atomic mass is 9.63. The van der Waals surface area contributed by atoms with Gasteiger partial charge in [-0.05, 0) is 30.1 Å². The van der Waals surface area contributed by atoms with E-state index >= 15 is 0 Å². The van der Waals surface area contributed by atoms with E-state index in [-0.39, 0.29) is 12.0 Å². The highest BCUT2D eigenvalue weighted by molar-refractivity contribution is 5.29. The van der Waals surface area contributed by atoms with Gasteiger partial charge in [0.05, 0.1) is 14.2 Å². The molecule has 0 amide bonds. The Labute approximate surface area is 126 Å². The zero-order chi connectivity index (χ0) is 15.7. The predicted molar refractivity (Wildman–Crippen MR) is 81.8 cm³/mol. The molecular formula is C15H26N4O2. The van der Waals surface area contributed by atoms with Crippen LogP contribution in [0, 0.1) is 10.8 Å². The van der Waals surface area contributed by atoms with Crippen LogP contribution in [0.1, 0.15) is 47.0 Å². The molecule has 21 heavy (non-hydrogen) atoms. The highest BCUT2D eigenvalue weighted by atomic mass is 16.5. The zero-order valence-corrected chi connectivity index (χ0v) is 13.9. The molecule has 1 aliphatic carbocycles. The molecule has 0 spiro atoms. The van der Waals surface area contributed by atoms with Crippen molar-refractivity contribution in [2.45, 2.75) is 53.0 Å². The Morgan fingerprint density at radius 2 is 1.38 bits per heavy atom. The Morgan fingerprint density at radius 1 is 0.905 bits per heavy atom. The van der Waals surface area contributed by atoms with Crippen LogP contribution in [0.3, 0.4) is 0 Å². The Kier molecular flexibility index (Phi) is 4.25. The second kappa shape index (κ2) is 5.66. The molecular weight excluding hydrogens is 268 g/mol. The van der Waals surface area contributed by atoms with Crippen molar-refractivity contribution < 1.29 is 9.47 Å². The van der Waals surface area contributed by atoms with Gasteiger partial charge in [-0.25, -0.2) is 0 Å². The number of methoxy groups -OCH3 is 2. The van der Waals surface area contributed by atoms with Gasteiger partial charge in [0.15, 0.2) is 0 Å². The fourth-order valence-electron chi connectivity index (χ4n) is 3.72. The van der Waals surface area contributed by atoms with Crippen molar-refractivity contribution in [3.05, 3.63) is 0 Å². The maximum absolute atomic E-state index is 5.09. The number of aromatic nitrogens is 3. The average Bonchev–Trinajstić information content (AvgIpc) is 2.34. The van der Waals surface area contributed by atoms with Crippen LogP contribution in [0.25, 0.3) is 0 Å². The molecule has 6 heteroatoms. The summed E-state index contributed by atoms with van der Waals surface area (Å²) in [4.78, 5) is 12.5. The van der Waals surface area contributed by atoms with Crippen LogP contribution in [0.2, 0.25) is 0 Å². The molecule has 1 saturated carbocycles. The van der Waals surface area contributed by atoms with E-state index in [1.54, 1.807) is 0 Å². The molecule has 1 N–H and O–H groups in total. The van der Waals surface area contributed by atoms with Gasteiger partial charge >= 0.3 is 12.0 Å². The number of hydrogen-bond donors (Lipinski definition) is 1. The molecule has 0 saturated heterocycles. The molecule has 0 atom stereocenters. The lowest BCUT2D eigenvalue weighted by Crippen LogP contribution is -2.40. The Morgan fingerprint density at radius 3 is 1.81 bits per heavy atom. The molecule has 0 aromatic carbocycles. The van der Waals surface area contributed by atoms with Crippen LogP contribution in [0.15, 0.2) is 0 Å². The highest BCUT2D eigenvalue weighted by Gasteiger charge is 2.38. The van der Waals surface area contributed by atoms with Crippen LogP contribution in [0.4, 0.5) is 5.95 Å². The first kappa shape index (κ1) is 15.8. The summed E-state index contributed by atoms with van der Waals surface area (Å²) < 4.78 is 10.2. The average molecular weight is 294 g/mol. The highest BCUT2D eigenvalue weighted by Crippen LogP contribution is 2.46. The normalized spacial score (nSPS) is 20.9. The van der Waals surface area contributed by atoms with E-state index in [1.165, 1.54) is 20.6 Å². The molecule has 2 rings (SSSR count). The summed E-state index contributed by atoms with van der Waals surface area (Å²) in [5, 5.41) is 3.42. The van der Waals surface area contributed by atoms with Crippen molar-refractivity contribution in [3.8, 4) is 12.0 Å². The number of nitrogens with zero attached hydrogens (tertiary/aromatic N) is 3. The zero-order valence-electron chi connectivity index (χ0n) is 13.9. The second-order valence-electron chi connectivity index (χ2n) is 7.39. The van der Waals surface area contributed by atoms with Crippen LogP contribution >= 0.6 is 0 Å². The molecule has 0 aliphatic heterocycles. The van der Waals surface area contributed by atoms with Crippen LogP contribution in [-0.4, -0.2) is 35.2 Å². The van der Waals surface area contributed by atoms with Gasteiger partial charge in [-0.1, -0.05) is 27.7 Å². The summed E-state index contributed by atoms with van der Waals surface area (Å²) in [6.45, 7) is 9.27. The van der Waals surface area contributed by atoms with Crippen molar-refractivity contribution in [2.75, 3.05) is 19.5 Å². The van der Waals surface area contributed by atoms with E-state index in [4.69, 9.17) is 9.47 Å². The van der Waals surface area contributed by atoms with E-state index in [1.807, 2.05) is 0 Å². The Bertz CT molecular complexity index is 464. The minimum absolute atomic E-state index is 0.263. The summed E-state index contributed by atoms with van der Waals surface area (Å²) in [5.41, 5.74) is 0.612. The second-order valence-corrected chi connectivity index (χ2v) is 7.39. The molecule has 1 aliphatic rings. The molecule has 1 aromatic rings. The topological polar surface area (TPSA) is 69.2 Å². The van der Waals surface area contributed by atoms with Gasteiger partial charge < -0.3 is 14.8 Å². The molecule has 1 heterocycles. The predicted octanol–water partition coefficient (Wildman–Crippen LogP) is 2.91. The number of anilines is 1. The summed E-state index contributed by atoms with van der Waals surface area (Å²) in [7, 11) is 3.07. The van der Waals surface area contributed by atoms with E-state index in [2.05, 4.69) is 48.0 Å². The van der Waals surface area contributed by atoms with Crippen molar-refractivity contribution in [1.82, 2.24) is 15.0 Å². The smallest absolute Gasteiger partial charge is 0.324 e. The van der Waals surface area contributed by atoms with Gasteiger partial charge in [0.2, 0.25) is 5.95 Å². The molecule has 0 radical (unpaired) electrons. The molecule has 1 aromatic heterocycles. The lowest BCUT2D eigenvalue weighted by molar-refractivity contribution is 0.105. The van der Waals surface area contributed by atoms with Gasteiger partial charge in [-0.15, -0.1) is 4.98 Å². The number of ether oxygens (including phenoxy) is 2. The van der Waals surface area contributed by atoms with Gasteiger partial charge in [-0.3, -0.25) is 0 Å². The third kappa shape index (κ3) is 4.19. The standard InChI is InChI=1S/C15H26N4O2/c1-14(2)7-10(8-15(3,4)9-14)16-11-17-12(20-5)19-13(18-11)21-6/h10H,7-9H2,1-6H3,(H,16,17,18,19). The largest absolute Gasteiger partial charge is 0.467 e. The first-order valence-electron chi connectivity index (χ1n) is 7.34. The summed E-state index contributed by atoms with van der Waals surface area (Å²) in [6, 6.07) is 0.859. The van der Waals surface area contributed by atoms with Crippen LogP contribution < -0.4 is 14.8 Å². The fraction of sp³-hybridized carbons (Fsp3) is 0.800. The van der Waals surface area contributed by atoms with E-state index in [9.17, 15) is 0 Å². The third-order valence-corrected chi connectivity index (χ3v) is 3.85. The summed E-state index contributed by atoms with van der Waals surface area (Å²) >= 11 is 0. The van der Waals surface area contributed by atoms with Crippen molar-refractivity contribution in [3.63, 3.8) is 0 Å². The summed E-state index contributed by atoms with van der Waals surface area (Å²) in [6.07, 6.45) is 3.40. The lowest BCUT2D eigenvalue weighted by Gasteiger charge is -2.45. The maximum Gasteiger partial charge on any atom is 0.324 e. The molecule has 1 fully saturated rings. The van der Waals surface area contributed by atoms with Crippen molar-refractivity contribution in [2.24, 2.45) is 10.8 Å². The fourth-order valence-corrected chi connectivity index (χ4v) is 3.72. The van der Waals surface area contributed by atoms with Gasteiger partial charge in [-0.2, -0.15) is 9.97 Å². The van der Waals surface area contributed by atoms with Gasteiger partial charge in [0.1, 0.15) is 0 Å². The van der Waals surface area contributed by atoms with E-state index < -0.39 is 0 Å². The van der Waals surface area contributed by atoms with E-state index in [0.717, 1.165) is 12.8 Å². The third-order valence-electron chi connectivity index (χ3n) is 3.85. The molecule has 6 nitrogen and oxygen atoms in total. The maximum atomic E-state index is 5.09. The summed E-state index contributed by atoms with van der Waals surface area (Å²) in [5.74, 6) is 0.511. The molecule has 0 bridgehead atoms. The minimum atomic E-state index is 0.263. The molecule has 0 unspecified atom stereocenters. The molecule has 118 valence electrons. The minimum Gasteiger partial charge on any atom is -0.467 e. The van der Waals surface area contributed by atoms with E-state index in [0.29, 0.717) is 22.8 Å². The van der Waals surface area contributed by atoms with Crippen LogP contribution in [-0.2, 0) is 0 Å². The van der Waals surface area contributed by atoms with Gasteiger partial charge in [0.25, 0.3) is 0 Å². The quantitative estimate of drug-likeness (QED) is 0.921. The number of hydrogen-bond acceptors (Lipinski definition) is 6. The van der Waals surface area contributed by atoms with Gasteiger partial charge in [0, 0.05) is 6.04 Å². The number of rotatable bonds is 4. The van der Waals surface area contributed by atoms with Crippen molar-refractivity contribution >= 4 is 5.95 Å². The van der Waals surface area contributed by atoms with Crippen LogP contribution in [0.5, 0.6) is 12.0 Å². The monoisotopic (exact) mass is 294 g/mol. The number of nitrogens with one attached hydrogen (secondary N) is 1. The Balaban J connectivity index is 2.17.